The van der Waals surface area contributed by atoms with Gasteiger partial charge in [-0.1, -0.05) is 13.0 Å². The van der Waals surface area contributed by atoms with E-state index in [1.165, 1.54) is 6.26 Å². The lowest BCUT2D eigenvalue weighted by molar-refractivity contribution is 0.251. The highest BCUT2D eigenvalue weighted by molar-refractivity contribution is 7.92. The van der Waals surface area contributed by atoms with Crippen LogP contribution in [0.1, 0.15) is 19.1 Å². The van der Waals surface area contributed by atoms with E-state index in [-0.39, 0.29) is 12.3 Å². The van der Waals surface area contributed by atoms with Crippen molar-refractivity contribution in [3.63, 3.8) is 0 Å². The van der Waals surface area contributed by atoms with Gasteiger partial charge >= 0.3 is 6.03 Å². The number of anilines is 2. The Hall–Kier alpha value is -2.48. The lowest BCUT2D eigenvalue weighted by Crippen LogP contribution is -2.28. The molecule has 2 rings (SSSR count). The molecule has 3 N–H and O–H groups in total. The van der Waals surface area contributed by atoms with Gasteiger partial charge in [0.25, 0.3) is 0 Å². The fraction of sp³-hybridized carbons (Fsp3) is 0.267. The summed E-state index contributed by atoms with van der Waals surface area (Å²) in [6.07, 6.45) is 2.06. The van der Waals surface area contributed by atoms with Crippen molar-refractivity contribution in [2.75, 3.05) is 15.8 Å². The summed E-state index contributed by atoms with van der Waals surface area (Å²) in [5.41, 5.74) is 0.890. The number of nitrogens with one attached hydrogen (secondary N) is 3. The molecule has 0 atom stereocenters. The Kier molecular flexibility index (Phi) is 5.64. The summed E-state index contributed by atoms with van der Waals surface area (Å²) >= 11 is 0. The van der Waals surface area contributed by atoms with Gasteiger partial charge in [-0.25, -0.2) is 13.2 Å². The predicted molar refractivity (Wildman–Crippen MR) is 88.7 cm³/mol. The van der Waals surface area contributed by atoms with Gasteiger partial charge in [0.05, 0.1) is 24.2 Å². The van der Waals surface area contributed by atoms with Gasteiger partial charge in [0.15, 0.2) is 0 Å². The summed E-state index contributed by atoms with van der Waals surface area (Å²) in [4.78, 5) is 11.8. The maximum absolute atomic E-state index is 11.8. The van der Waals surface area contributed by atoms with Gasteiger partial charge in [0.1, 0.15) is 5.76 Å². The van der Waals surface area contributed by atoms with Crippen molar-refractivity contribution in [2.24, 2.45) is 0 Å². The second-order valence-electron chi connectivity index (χ2n) is 4.89. The third kappa shape index (κ3) is 5.67. The van der Waals surface area contributed by atoms with E-state index in [1.54, 1.807) is 43.3 Å². The molecule has 1 aromatic heterocycles. The fourth-order valence-electron chi connectivity index (χ4n) is 1.92. The second kappa shape index (κ2) is 7.68. The van der Waals surface area contributed by atoms with Crippen molar-refractivity contribution >= 4 is 27.4 Å². The number of carbonyl (C=O) groups is 1. The van der Waals surface area contributed by atoms with E-state index < -0.39 is 16.1 Å². The minimum atomic E-state index is -3.36. The molecule has 0 aliphatic rings. The summed E-state index contributed by atoms with van der Waals surface area (Å²) in [5, 5.41) is 5.28. The van der Waals surface area contributed by atoms with Gasteiger partial charge in [0.2, 0.25) is 10.0 Å². The molecule has 1 heterocycles. The second-order valence-corrected chi connectivity index (χ2v) is 6.73. The molecule has 1 aromatic carbocycles. The Labute approximate surface area is 135 Å². The molecule has 0 saturated carbocycles. The van der Waals surface area contributed by atoms with Crippen molar-refractivity contribution in [2.45, 2.75) is 19.9 Å². The van der Waals surface area contributed by atoms with Crippen LogP contribution in [0.3, 0.4) is 0 Å². The number of urea groups is 1. The van der Waals surface area contributed by atoms with Crippen LogP contribution in [0.5, 0.6) is 0 Å². The van der Waals surface area contributed by atoms with Crippen LogP contribution in [0.25, 0.3) is 0 Å². The SMILES string of the molecule is CCCS(=O)(=O)Nc1cccc(NC(=O)NCc2ccco2)c1. The highest BCUT2D eigenvalue weighted by Gasteiger charge is 2.09. The summed E-state index contributed by atoms with van der Waals surface area (Å²) in [5.74, 6) is 0.690. The molecular formula is C15H19N3O4S. The zero-order valence-corrected chi connectivity index (χ0v) is 13.5. The third-order valence-electron chi connectivity index (χ3n) is 2.87. The lowest BCUT2D eigenvalue weighted by Gasteiger charge is -2.10. The highest BCUT2D eigenvalue weighted by atomic mass is 32.2. The molecule has 7 nitrogen and oxygen atoms in total. The maximum atomic E-state index is 11.8. The summed E-state index contributed by atoms with van der Waals surface area (Å²) in [7, 11) is -3.36. The molecule has 2 amide bonds. The highest BCUT2D eigenvalue weighted by Crippen LogP contribution is 2.16. The van der Waals surface area contributed by atoms with Crippen LogP contribution in [0.2, 0.25) is 0 Å². The fourth-order valence-corrected chi connectivity index (χ4v) is 3.04. The number of benzene rings is 1. The molecular weight excluding hydrogens is 318 g/mol. The molecule has 124 valence electrons. The quantitative estimate of drug-likeness (QED) is 0.723. The minimum absolute atomic E-state index is 0.0499. The molecule has 8 heteroatoms. The van der Waals surface area contributed by atoms with Gasteiger partial charge < -0.3 is 15.1 Å². The van der Waals surface area contributed by atoms with Crippen molar-refractivity contribution < 1.29 is 17.6 Å². The number of amides is 2. The van der Waals surface area contributed by atoms with Crippen molar-refractivity contribution in [3.8, 4) is 0 Å². The van der Waals surface area contributed by atoms with Gasteiger partial charge in [-0.05, 0) is 36.8 Å². The predicted octanol–water partition coefficient (Wildman–Crippen LogP) is 2.75. The van der Waals surface area contributed by atoms with E-state index >= 15 is 0 Å². The van der Waals surface area contributed by atoms with E-state index in [4.69, 9.17) is 4.42 Å². The van der Waals surface area contributed by atoms with Crippen molar-refractivity contribution in [1.82, 2.24) is 5.32 Å². The molecule has 0 unspecified atom stereocenters. The van der Waals surface area contributed by atoms with Gasteiger partial charge in [0, 0.05) is 5.69 Å². The zero-order valence-electron chi connectivity index (χ0n) is 12.7. The van der Waals surface area contributed by atoms with Crippen molar-refractivity contribution in [1.29, 1.82) is 0 Å². The van der Waals surface area contributed by atoms with Crippen LogP contribution < -0.4 is 15.4 Å². The topological polar surface area (TPSA) is 100 Å². The van der Waals surface area contributed by atoms with E-state index in [2.05, 4.69) is 15.4 Å². The first-order chi connectivity index (χ1) is 11.0. The molecule has 0 aliphatic heterocycles. The van der Waals surface area contributed by atoms with E-state index in [0.29, 0.717) is 23.6 Å². The summed E-state index contributed by atoms with van der Waals surface area (Å²) < 4.78 is 31.1. The average Bonchev–Trinajstić information content (AvgIpc) is 2.98. The lowest BCUT2D eigenvalue weighted by atomic mass is 10.3. The Morgan fingerprint density at radius 2 is 1.96 bits per heavy atom. The van der Waals surface area contributed by atoms with Crippen LogP contribution in [0.4, 0.5) is 16.2 Å². The van der Waals surface area contributed by atoms with Crippen LogP contribution >= 0.6 is 0 Å². The monoisotopic (exact) mass is 337 g/mol. The molecule has 0 radical (unpaired) electrons. The van der Waals surface area contributed by atoms with Gasteiger partial charge in [-0.15, -0.1) is 0 Å². The molecule has 0 fully saturated rings. The molecule has 0 spiro atoms. The molecule has 2 aromatic rings. The van der Waals surface area contributed by atoms with E-state index in [9.17, 15) is 13.2 Å². The Morgan fingerprint density at radius 1 is 1.17 bits per heavy atom. The minimum Gasteiger partial charge on any atom is -0.467 e. The first kappa shape index (κ1) is 16.9. The molecule has 0 bridgehead atoms. The Balaban J connectivity index is 1.92. The molecule has 0 aliphatic carbocycles. The number of hydrogen-bond acceptors (Lipinski definition) is 4. The number of rotatable bonds is 7. The number of furan rings is 1. The standard InChI is InChI=1S/C15H19N3O4S/c1-2-9-23(20,21)18-13-6-3-5-12(10-13)17-15(19)16-11-14-7-4-8-22-14/h3-8,10,18H,2,9,11H2,1H3,(H2,16,17,19). The summed E-state index contributed by atoms with van der Waals surface area (Å²) in [6, 6.07) is 9.59. The normalized spacial score (nSPS) is 11.0. The van der Waals surface area contributed by atoms with Crippen LogP contribution in [0, 0.1) is 0 Å². The Bertz CT molecular complexity index is 742. The van der Waals surface area contributed by atoms with Crippen LogP contribution in [-0.4, -0.2) is 20.2 Å². The average molecular weight is 337 g/mol. The third-order valence-corrected chi connectivity index (χ3v) is 4.36. The smallest absolute Gasteiger partial charge is 0.319 e. The largest absolute Gasteiger partial charge is 0.467 e. The zero-order chi connectivity index (χ0) is 16.7. The number of sulfonamides is 1. The number of hydrogen-bond donors (Lipinski definition) is 3. The number of carbonyl (C=O) groups excluding carboxylic acids is 1. The first-order valence-electron chi connectivity index (χ1n) is 7.16. The van der Waals surface area contributed by atoms with Gasteiger partial charge in [-0.3, -0.25) is 4.72 Å². The molecule has 0 saturated heterocycles. The van der Waals surface area contributed by atoms with E-state index in [0.717, 1.165) is 0 Å². The van der Waals surface area contributed by atoms with Crippen molar-refractivity contribution in [3.05, 3.63) is 48.4 Å². The first-order valence-corrected chi connectivity index (χ1v) is 8.81. The van der Waals surface area contributed by atoms with Gasteiger partial charge in [-0.2, -0.15) is 0 Å². The van der Waals surface area contributed by atoms with E-state index in [1.807, 2.05) is 0 Å². The van der Waals surface area contributed by atoms with Crippen LogP contribution in [0.15, 0.2) is 47.1 Å². The summed E-state index contributed by atoms with van der Waals surface area (Å²) in [6.45, 7) is 2.06. The maximum Gasteiger partial charge on any atom is 0.319 e. The van der Waals surface area contributed by atoms with Crippen LogP contribution in [-0.2, 0) is 16.6 Å². The molecule has 23 heavy (non-hydrogen) atoms. The Morgan fingerprint density at radius 3 is 2.65 bits per heavy atom.